The standard InChI is InChI=1S/C10H22O7.6C4H6O2.C2H6O2/c11-1-9(2-12,3-13)7-17-8-10(4-14,5-15)6-16;6*1-3(2)4(5)6;3-1-2-4/h11-16H,1-8H2;6*1H2,2H3,(H,5,6);3-4H,1-2H2. The fourth-order valence-corrected chi connectivity index (χ4v) is 1.06. The lowest BCUT2D eigenvalue weighted by Crippen LogP contribution is -2.43. The number of carboxylic acids is 6. The number of carboxylic acid groups (broad SMARTS) is 6. The zero-order valence-electron chi connectivity index (χ0n) is 33.4. The van der Waals surface area contributed by atoms with Gasteiger partial charge in [-0.3, -0.25) is 0 Å². The minimum Gasteiger partial charge on any atom is -0.478 e. The SMILES string of the molecule is C=C(C)C(=O)O.C=C(C)C(=O)O.C=C(C)C(=O)O.C=C(C)C(=O)O.C=C(C)C(=O)O.C=C(C)C(=O)O.OCC(CO)(CO)COCC(CO)(CO)CO.OCCO. The van der Waals surface area contributed by atoms with Crippen molar-refractivity contribution in [2.24, 2.45) is 10.8 Å². The Morgan fingerprint density at radius 3 is 0.509 bits per heavy atom. The van der Waals surface area contributed by atoms with Gasteiger partial charge in [0.15, 0.2) is 0 Å². The van der Waals surface area contributed by atoms with E-state index in [1.54, 1.807) is 0 Å². The maximum absolute atomic E-state index is 9.60. The third kappa shape index (κ3) is 57.8. The number of carbonyl (C=O) groups is 6. The summed E-state index contributed by atoms with van der Waals surface area (Å²) in [6, 6.07) is 0. The molecule has 0 fully saturated rings. The van der Waals surface area contributed by atoms with Gasteiger partial charge in [0.2, 0.25) is 0 Å². The molecule has 0 aliphatic rings. The highest BCUT2D eigenvalue weighted by Gasteiger charge is 2.32. The molecule has 0 aromatic heterocycles. The molecule has 14 N–H and O–H groups in total. The van der Waals surface area contributed by atoms with Crippen molar-refractivity contribution in [2.75, 3.05) is 66.1 Å². The van der Waals surface area contributed by atoms with Crippen LogP contribution in [0.5, 0.6) is 0 Å². The van der Waals surface area contributed by atoms with Gasteiger partial charge in [0.25, 0.3) is 0 Å². The van der Waals surface area contributed by atoms with E-state index in [0.29, 0.717) is 0 Å². The predicted molar refractivity (Wildman–Crippen MR) is 207 cm³/mol. The van der Waals surface area contributed by atoms with Crippen LogP contribution in [0, 0.1) is 10.8 Å². The average Bonchev–Trinajstić information content (AvgIpc) is 3.13. The molecule has 334 valence electrons. The van der Waals surface area contributed by atoms with Crippen LogP contribution >= 0.6 is 0 Å². The Morgan fingerprint density at radius 2 is 0.456 bits per heavy atom. The number of rotatable bonds is 17. The Kier molecular flexibility index (Phi) is 53.4. The summed E-state index contributed by atoms with van der Waals surface area (Å²) in [6.45, 7) is 24.4. The Morgan fingerprint density at radius 1 is 0.351 bits per heavy atom. The minimum atomic E-state index is -1.16. The number of hydrogen-bond donors (Lipinski definition) is 14. The van der Waals surface area contributed by atoms with Crippen LogP contribution in [-0.4, -0.2) is 173 Å². The number of hydrogen-bond acceptors (Lipinski definition) is 15. The monoisotopic (exact) mass is 832 g/mol. The Labute approximate surface area is 332 Å². The minimum absolute atomic E-state index is 0.125. The van der Waals surface area contributed by atoms with E-state index in [-0.39, 0.29) is 59.9 Å². The van der Waals surface area contributed by atoms with Crippen molar-refractivity contribution in [3.05, 3.63) is 72.9 Å². The molecule has 0 heterocycles. The van der Waals surface area contributed by atoms with Gasteiger partial charge < -0.3 is 76.2 Å². The quantitative estimate of drug-likeness (QED) is 0.0842. The van der Waals surface area contributed by atoms with Crippen LogP contribution in [0.3, 0.4) is 0 Å². The van der Waals surface area contributed by atoms with Gasteiger partial charge in [0.05, 0.1) is 76.9 Å². The molecule has 21 nitrogen and oxygen atoms in total. The Hall–Kier alpha value is -5.10. The van der Waals surface area contributed by atoms with Crippen LogP contribution in [0.25, 0.3) is 0 Å². The summed E-state index contributed by atoms with van der Waals surface area (Å²) in [5.41, 5.74) is -1.27. The molecular formula is C36H64O21. The third-order valence-electron chi connectivity index (χ3n) is 5.12. The van der Waals surface area contributed by atoms with Gasteiger partial charge in [0.1, 0.15) is 0 Å². The molecule has 57 heavy (non-hydrogen) atoms. The molecule has 0 atom stereocenters. The summed E-state index contributed by atoms with van der Waals surface area (Å²) < 4.78 is 5.15. The molecule has 21 heteroatoms. The van der Waals surface area contributed by atoms with Crippen molar-refractivity contribution in [3.63, 3.8) is 0 Å². The first kappa shape index (κ1) is 69.8. The summed E-state index contributed by atoms with van der Waals surface area (Å²) in [5, 5.41) is 117. The van der Waals surface area contributed by atoms with Crippen LogP contribution in [0.15, 0.2) is 72.9 Å². The maximum Gasteiger partial charge on any atom is 0.330 e. The van der Waals surface area contributed by atoms with E-state index in [4.69, 9.17) is 76.2 Å². The van der Waals surface area contributed by atoms with Crippen LogP contribution in [0.1, 0.15) is 41.5 Å². The van der Waals surface area contributed by atoms with Gasteiger partial charge in [-0.05, 0) is 41.5 Å². The second-order valence-corrected chi connectivity index (χ2v) is 11.4. The molecular weight excluding hydrogens is 768 g/mol. The summed E-state index contributed by atoms with van der Waals surface area (Å²) in [4.78, 5) is 57.6. The number of ether oxygens (including phenoxy) is 1. The lowest BCUT2D eigenvalue weighted by molar-refractivity contribution is -0.133. The highest BCUT2D eigenvalue weighted by Crippen LogP contribution is 2.19. The third-order valence-corrected chi connectivity index (χ3v) is 5.12. The van der Waals surface area contributed by atoms with Crippen LogP contribution < -0.4 is 0 Å². The smallest absolute Gasteiger partial charge is 0.330 e. The van der Waals surface area contributed by atoms with Gasteiger partial charge in [-0.2, -0.15) is 0 Å². The van der Waals surface area contributed by atoms with Crippen molar-refractivity contribution < 1.29 is 105 Å². The van der Waals surface area contributed by atoms with Crippen molar-refractivity contribution >= 4 is 35.8 Å². The largest absolute Gasteiger partial charge is 0.478 e. The molecule has 0 aromatic rings. The topological polar surface area (TPSA) is 395 Å². The van der Waals surface area contributed by atoms with Gasteiger partial charge in [-0.25, -0.2) is 28.8 Å². The van der Waals surface area contributed by atoms with E-state index in [1.807, 2.05) is 0 Å². The zero-order valence-corrected chi connectivity index (χ0v) is 33.4. The van der Waals surface area contributed by atoms with Crippen molar-refractivity contribution in [1.29, 1.82) is 0 Å². The first-order chi connectivity index (χ1) is 25.8. The number of aliphatic hydroxyl groups excluding tert-OH is 8. The fraction of sp³-hybridized carbons (Fsp3) is 0.500. The number of aliphatic carboxylic acids is 6. The van der Waals surface area contributed by atoms with E-state index < -0.39 is 86.3 Å². The van der Waals surface area contributed by atoms with E-state index in [0.717, 1.165) is 0 Å². The average molecular weight is 833 g/mol. The summed E-state index contributed by atoms with van der Waals surface area (Å²) in [7, 11) is 0. The summed E-state index contributed by atoms with van der Waals surface area (Å²) in [5.74, 6) is -5.61. The molecule has 0 amide bonds. The molecule has 0 aliphatic heterocycles. The second kappa shape index (κ2) is 43.6. The van der Waals surface area contributed by atoms with Crippen molar-refractivity contribution in [3.8, 4) is 0 Å². The van der Waals surface area contributed by atoms with Crippen molar-refractivity contribution in [1.82, 2.24) is 0 Å². The van der Waals surface area contributed by atoms with Gasteiger partial charge in [0, 0.05) is 33.4 Å². The zero-order chi connectivity index (χ0) is 47.7. The van der Waals surface area contributed by atoms with Gasteiger partial charge in [-0.1, -0.05) is 39.5 Å². The number of aliphatic hydroxyl groups is 8. The molecule has 0 saturated carbocycles. The molecule has 0 bridgehead atoms. The molecule has 0 aliphatic carbocycles. The summed E-state index contributed by atoms with van der Waals surface area (Å²) in [6.07, 6.45) is 0. The van der Waals surface area contributed by atoms with Gasteiger partial charge >= 0.3 is 35.8 Å². The molecule has 0 aromatic carbocycles. The Bertz CT molecular complexity index is 946. The van der Waals surface area contributed by atoms with Crippen LogP contribution in [0.2, 0.25) is 0 Å². The van der Waals surface area contributed by atoms with E-state index in [2.05, 4.69) is 39.5 Å². The predicted octanol–water partition coefficient (Wildman–Crippen LogP) is -0.217. The first-order valence-corrected chi connectivity index (χ1v) is 15.6. The second-order valence-electron chi connectivity index (χ2n) is 11.4. The summed E-state index contributed by atoms with van der Waals surface area (Å²) >= 11 is 0. The normalized spacial score (nSPS) is 9.16. The Balaban J connectivity index is -0.0000000853. The highest BCUT2D eigenvalue weighted by molar-refractivity contribution is 5.86. The molecule has 0 radical (unpaired) electrons. The molecule has 0 saturated heterocycles. The van der Waals surface area contributed by atoms with Crippen molar-refractivity contribution in [2.45, 2.75) is 41.5 Å². The van der Waals surface area contributed by atoms with E-state index >= 15 is 0 Å². The fourth-order valence-electron chi connectivity index (χ4n) is 1.06. The van der Waals surface area contributed by atoms with E-state index in [9.17, 15) is 28.8 Å². The van der Waals surface area contributed by atoms with Gasteiger partial charge in [-0.15, -0.1) is 0 Å². The molecule has 0 rings (SSSR count). The molecule has 0 spiro atoms. The van der Waals surface area contributed by atoms with Crippen LogP contribution in [0.4, 0.5) is 0 Å². The lowest BCUT2D eigenvalue weighted by Gasteiger charge is -2.31. The van der Waals surface area contributed by atoms with Crippen LogP contribution in [-0.2, 0) is 33.5 Å². The molecule has 0 unspecified atom stereocenters. The maximum atomic E-state index is 9.60. The lowest BCUT2D eigenvalue weighted by atomic mass is 9.91. The highest BCUT2D eigenvalue weighted by atomic mass is 16.5. The first-order valence-electron chi connectivity index (χ1n) is 15.6. The van der Waals surface area contributed by atoms with E-state index in [1.165, 1.54) is 41.5 Å².